The molecule has 33 heavy (non-hydrogen) atoms. The molecule has 1 aliphatic rings. The highest BCUT2D eigenvalue weighted by Gasteiger charge is 2.43. The van der Waals surface area contributed by atoms with E-state index in [1.165, 1.54) is 0 Å². The fourth-order valence-electron chi connectivity index (χ4n) is 4.76. The van der Waals surface area contributed by atoms with E-state index in [2.05, 4.69) is 34.8 Å². The van der Waals surface area contributed by atoms with E-state index in [1.807, 2.05) is 65.8 Å². The summed E-state index contributed by atoms with van der Waals surface area (Å²) in [6.45, 7) is 7.72. The number of likely N-dealkylation sites (tertiary alicyclic amines) is 1. The molecule has 0 radical (unpaired) electrons. The minimum absolute atomic E-state index is 0.0143. The molecule has 2 aromatic carbocycles. The summed E-state index contributed by atoms with van der Waals surface area (Å²) < 4.78 is 2.15. The standard InChI is InChI=1S/C27H32N4O2/c1-20(2)25-28-14-17-31(25)19-22-8-7-11-24(18-22)29-26(33)27(23-9-5-4-6-10-23)12-15-30(16-13-27)21(3)32/h4-11,14,17-18,20H,12-13,15-16,19H2,1-3H3,(H,29,33). The Morgan fingerprint density at radius 1 is 1.06 bits per heavy atom. The third-order valence-corrected chi connectivity index (χ3v) is 6.63. The van der Waals surface area contributed by atoms with Gasteiger partial charge in [0.15, 0.2) is 0 Å². The molecule has 0 unspecified atom stereocenters. The van der Waals surface area contributed by atoms with Crippen molar-refractivity contribution in [2.45, 2.75) is 51.5 Å². The van der Waals surface area contributed by atoms with Crippen molar-refractivity contribution in [1.82, 2.24) is 14.5 Å². The predicted octanol–water partition coefficient (Wildman–Crippen LogP) is 4.57. The van der Waals surface area contributed by atoms with Gasteiger partial charge in [0.2, 0.25) is 11.8 Å². The zero-order chi connectivity index (χ0) is 23.4. The topological polar surface area (TPSA) is 67.2 Å². The number of amides is 2. The number of nitrogens with one attached hydrogen (secondary N) is 1. The quantitative estimate of drug-likeness (QED) is 0.605. The van der Waals surface area contributed by atoms with E-state index in [0.717, 1.165) is 22.6 Å². The van der Waals surface area contributed by atoms with E-state index in [0.29, 0.717) is 38.4 Å². The molecule has 1 saturated heterocycles. The smallest absolute Gasteiger partial charge is 0.235 e. The van der Waals surface area contributed by atoms with Crippen LogP contribution in [-0.4, -0.2) is 39.4 Å². The van der Waals surface area contributed by atoms with Crippen LogP contribution in [0.5, 0.6) is 0 Å². The number of rotatable bonds is 6. The van der Waals surface area contributed by atoms with Crippen molar-refractivity contribution in [1.29, 1.82) is 0 Å². The highest BCUT2D eigenvalue weighted by Crippen LogP contribution is 2.37. The van der Waals surface area contributed by atoms with Crippen molar-refractivity contribution in [3.63, 3.8) is 0 Å². The van der Waals surface area contributed by atoms with E-state index in [1.54, 1.807) is 6.92 Å². The second kappa shape index (κ2) is 9.61. The monoisotopic (exact) mass is 444 g/mol. The fourth-order valence-corrected chi connectivity index (χ4v) is 4.76. The number of hydrogen-bond donors (Lipinski definition) is 1. The summed E-state index contributed by atoms with van der Waals surface area (Å²) in [5.74, 6) is 1.43. The average Bonchev–Trinajstić information content (AvgIpc) is 3.28. The first-order chi connectivity index (χ1) is 15.9. The summed E-state index contributed by atoms with van der Waals surface area (Å²) in [5.41, 5.74) is 2.24. The SMILES string of the molecule is CC(=O)N1CCC(C(=O)Nc2cccc(Cn3ccnc3C(C)C)c2)(c2ccccc2)CC1. The zero-order valence-corrected chi connectivity index (χ0v) is 19.6. The van der Waals surface area contributed by atoms with Gasteiger partial charge in [-0.15, -0.1) is 0 Å². The van der Waals surface area contributed by atoms with Crippen LogP contribution >= 0.6 is 0 Å². The summed E-state index contributed by atoms with van der Waals surface area (Å²) >= 11 is 0. The number of nitrogens with zero attached hydrogens (tertiary/aromatic N) is 3. The van der Waals surface area contributed by atoms with Crippen LogP contribution in [0.2, 0.25) is 0 Å². The molecule has 0 aliphatic carbocycles. The van der Waals surface area contributed by atoms with Crippen LogP contribution in [-0.2, 0) is 21.5 Å². The van der Waals surface area contributed by atoms with Crippen molar-refractivity contribution in [3.05, 3.63) is 83.9 Å². The average molecular weight is 445 g/mol. The van der Waals surface area contributed by atoms with Crippen LogP contribution < -0.4 is 5.32 Å². The Bertz CT molecular complexity index is 1110. The van der Waals surface area contributed by atoms with Gasteiger partial charge in [-0.2, -0.15) is 0 Å². The zero-order valence-electron chi connectivity index (χ0n) is 19.6. The molecule has 2 amide bonds. The molecule has 6 heteroatoms. The second-order valence-corrected chi connectivity index (χ2v) is 9.18. The molecular weight excluding hydrogens is 412 g/mol. The van der Waals surface area contributed by atoms with Gasteiger partial charge in [0.05, 0.1) is 5.41 Å². The van der Waals surface area contributed by atoms with Gasteiger partial charge in [0.1, 0.15) is 5.82 Å². The van der Waals surface area contributed by atoms with Gasteiger partial charge < -0.3 is 14.8 Å². The molecule has 0 bridgehead atoms. The first-order valence-corrected chi connectivity index (χ1v) is 11.6. The number of hydrogen-bond acceptors (Lipinski definition) is 3. The molecule has 6 nitrogen and oxygen atoms in total. The van der Waals surface area contributed by atoms with Gasteiger partial charge in [0, 0.05) is 50.6 Å². The number of carbonyl (C=O) groups excluding carboxylic acids is 2. The fraction of sp³-hybridized carbons (Fsp3) is 0.370. The van der Waals surface area contributed by atoms with Crippen molar-refractivity contribution in [2.24, 2.45) is 0 Å². The lowest BCUT2D eigenvalue weighted by Crippen LogP contribution is -2.50. The second-order valence-electron chi connectivity index (χ2n) is 9.18. The van der Waals surface area contributed by atoms with E-state index in [9.17, 15) is 9.59 Å². The van der Waals surface area contributed by atoms with Gasteiger partial charge in [-0.3, -0.25) is 9.59 Å². The van der Waals surface area contributed by atoms with E-state index in [-0.39, 0.29) is 11.8 Å². The van der Waals surface area contributed by atoms with Gasteiger partial charge in [0.25, 0.3) is 0 Å². The van der Waals surface area contributed by atoms with Gasteiger partial charge >= 0.3 is 0 Å². The third kappa shape index (κ3) is 4.85. The molecule has 1 aliphatic heterocycles. The molecule has 0 saturated carbocycles. The van der Waals surface area contributed by atoms with Gasteiger partial charge in [-0.25, -0.2) is 4.98 Å². The Hall–Kier alpha value is -3.41. The molecular formula is C27H32N4O2. The number of anilines is 1. The predicted molar refractivity (Wildman–Crippen MR) is 130 cm³/mol. The maximum atomic E-state index is 13.7. The highest BCUT2D eigenvalue weighted by atomic mass is 16.2. The Kier molecular flexibility index (Phi) is 6.63. The molecule has 0 atom stereocenters. The van der Waals surface area contributed by atoms with Crippen LogP contribution in [0.4, 0.5) is 5.69 Å². The number of imidazole rings is 1. The number of benzene rings is 2. The molecule has 172 valence electrons. The van der Waals surface area contributed by atoms with Crippen molar-refractivity contribution in [3.8, 4) is 0 Å². The summed E-state index contributed by atoms with van der Waals surface area (Å²) in [7, 11) is 0. The lowest BCUT2D eigenvalue weighted by molar-refractivity contribution is -0.133. The number of piperidine rings is 1. The Balaban J connectivity index is 1.56. The van der Waals surface area contributed by atoms with Crippen molar-refractivity contribution in [2.75, 3.05) is 18.4 Å². The first kappa shape index (κ1) is 22.8. The normalized spacial score (nSPS) is 15.5. The molecule has 1 aromatic heterocycles. The first-order valence-electron chi connectivity index (χ1n) is 11.6. The molecule has 3 aromatic rings. The van der Waals surface area contributed by atoms with Crippen molar-refractivity contribution >= 4 is 17.5 Å². The van der Waals surface area contributed by atoms with Gasteiger partial charge in [-0.1, -0.05) is 56.3 Å². The Morgan fingerprint density at radius 2 is 1.79 bits per heavy atom. The maximum Gasteiger partial charge on any atom is 0.235 e. The lowest BCUT2D eigenvalue weighted by Gasteiger charge is -2.40. The van der Waals surface area contributed by atoms with Crippen molar-refractivity contribution < 1.29 is 9.59 Å². The largest absolute Gasteiger partial charge is 0.343 e. The van der Waals surface area contributed by atoms with Crippen LogP contribution in [0.25, 0.3) is 0 Å². The minimum Gasteiger partial charge on any atom is -0.343 e. The van der Waals surface area contributed by atoms with Crippen LogP contribution in [0, 0.1) is 0 Å². The highest BCUT2D eigenvalue weighted by molar-refractivity contribution is 5.99. The maximum absolute atomic E-state index is 13.7. The molecule has 2 heterocycles. The molecule has 0 spiro atoms. The molecule has 4 rings (SSSR count). The van der Waals surface area contributed by atoms with E-state index >= 15 is 0 Å². The van der Waals surface area contributed by atoms with Gasteiger partial charge in [-0.05, 0) is 36.1 Å². The minimum atomic E-state index is -0.654. The number of aromatic nitrogens is 2. The van der Waals surface area contributed by atoms with Crippen LogP contribution in [0.3, 0.4) is 0 Å². The Labute approximate surface area is 195 Å². The van der Waals surface area contributed by atoms with E-state index < -0.39 is 5.41 Å². The third-order valence-electron chi connectivity index (χ3n) is 6.63. The van der Waals surface area contributed by atoms with Crippen LogP contribution in [0.15, 0.2) is 67.0 Å². The summed E-state index contributed by atoms with van der Waals surface area (Å²) in [5, 5.41) is 3.19. The Morgan fingerprint density at radius 3 is 2.45 bits per heavy atom. The summed E-state index contributed by atoms with van der Waals surface area (Å²) in [6.07, 6.45) is 5.04. The summed E-state index contributed by atoms with van der Waals surface area (Å²) in [4.78, 5) is 31.9. The number of carbonyl (C=O) groups is 2. The molecule has 1 N–H and O–H groups in total. The molecule has 1 fully saturated rings. The lowest BCUT2D eigenvalue weighted by atomic mass is 9.72. The summed E-state index contributed by atoms with van der Waals surface area (Å²) in [6, 6.07) is 18.0. The van der Waals surface area contributed by atoms with E-state index in [4.69, 9.17) is 0 Å². The van der Waals surface area contributed by atoms with Crippen LogP contribution in [0.1, 0.15) is 56.5 Å².